The number of nitrogens with zero attached hydrogens (tertiary/aromatic N) is 1. The first-order valence-corrected chi connectivity index (χ1v) is 9.04. The molecule has 0 bridgehead atoms. The molecule has 3 rings (SSSR count). The summed E-state index contributed by atoms with van der Waals surface area (Å²) < 4.78 is 1.01. The van der Waals surface area contributed by atoms with Crippen molar-refractivity contribution in [2.75, 3.05) is 6.54 Å². The second kappa shape index (κ2) is 6.52. The van der Waals surface area contributed by atoms with E-state index in [9.17, 15) is 4.79 Å². The summed E-state index contributed by atoms with van der Waals surface area (Å²) in [6.07, 6.45) is 2.18. The fourth-order valence-electron chi connectivity index (χ4n) is 3.20. The van der Waals surface area contributed by atoms with E-state index in [-0.39, 0.29) is 11.9 Å². The number of nitrogens with two attached hydrogens (primary N) is 1. The molecule has 3 nitrogen and oxygen atoms in total. The summed E-state index contributed by atoms with van der Waals surface area (Å²) in [7, 11) is 0. The van der Waals surface area contributed by atoms with Crippen LogP contribution in [-0.2, 0) is 4.79 Å². The molecular formula is C17H19BrN2OS. The van der Waals surface area contributed by atoms with Crippen LogP contribution in [0, 0.1) is 6.92 Å². The first kappa shape index (κ1) is 15.7. The van der Waals surface area contributed by atoms with Gasteiger partial charge in [-0.05, 0) is 56.1 Å². The van der Waals surface area contributed by atoms with Crippen LogP contribution in [0.3, 0.4) is 0 Å². The van der Waals surface area contributed by atoms with E-state index in [4.69, 9.17) is 5.73 Å². The SMILES string of the molecule is Cc1ccc(C2CCCN2C(C(N)=O)c2ccc(Br)cc2)s1. The molecule has 1 fully saturated rings. The Kier molecular flexibility index (Phi) is 4.66. The third-order valence-electron chi connectivity index (χ3n) is 4.17. The smallest absolute Gasteiger partial charge is 0.239 e. The van der Waals surface area contributed by atoms with E-state index in [1.807, 2.05) is 35.6 Å². The number of thiophene rings is 1. The van der Waals surface area contributed by atoms with Gasteiger partial charge in [-0.25, -0.2) is 0 Å². The molecule has 2 N–H and O–H groups in total. The second-order valence-corrected chi connectivity index (χ2v) is 7.94. The predicted octanol–water partition coefficient (Wildman–Crippen LogP) is 4.18. The Morgan fingerprint density at radius 1 is 1.32 bits per heavy atom. The highest BCUT2D eigenvalue weighted by Crippen LogP contribution is 2.41. The average Bonchev–Trinajstić information content (AvgIpc) is 3.10. The van der Waals surface area contributed by atoms with Crippen molar-refractivity contribution in [2.24, 2.45) is 5.73 Å². The molecule has 1 aromatic heterocycles. The summed E-state index contributed by atoms with van der Waals surface area (Å²) in [5.41, 5.74) is 6.71. The zero-order chi connectivity index (χ0) is 15.7. The highest BCUT2D eigenvalue weighted by molar-refractivity contribution is 9.10. The Hall–Kier alpha value is -1.17. The van der Waals surface area contributed by atoms with Crippen LogP contribution in [0.1, 0.15) is 40.2 Å². The summed E-state index contributed by atoms with van der Waals surface area (Å²) in [5, 5.41) is 0. The normalized spacial score (nSPS) is 20.2. The minimum absolute atomic E-state index is 0.275. The lowest BCUT2D eigenvalue weighted by molar-refractivity contribution is -0.123. The number of likely N-dealkylation sites (tertiary alicyclic amines) is 1. The number of halogens is 1. The van der Waals surface area contributed by atoms with Gasteiger partial charge in [0.2, 0.25) is 5.91 Å². The lowest BCUT2D eigenvalue weighted by Crippen LogP contribution is -2.37. The molecule has 22 heavy (non-hydrogen) atoms. The van der Waals surface area contributed by atoms with Gasteiger partial charge in [-0.2, -0.15) is 0 Å². The minimum atomic E-state index is -0.358. The number of amides is 1. The Morgan fingerprint density at radius 3 is 2.64 bits per heavy atom. The molecule has 2 unspecified atom stereocenters. The molecule has 0 aliphatic carbocycles. The number of benzene rings is 1. The van der Waals surface area contributed by atoms with Gasteiger partial charge in [-0.15, -0.1) is 11.3 Å². The van der Waals surface area contributed by atoms with Gasteiger partial charge >= 0.3 is 0 Å². The fraction of sp³-hybridized carbons (Fsp3) is 0.353. The van der Waals surface area contributed by atoms with Crippen molar-refractivity contribution < 1.29 is 4.79 Å². The third-order valence-corrected chi connectivity index (χ3v) is 5.80. The van der Waals surface area contributed by atoms with Crippen LogP contribution < -0.4 is 5.73 Å². The molecule has 0 saturated carbocycles. The molecular weight excluding hydrogens is 360 g/mol. The zero-order valence-electron chi connectivity index (χ0n) is 12.5. The fourth-order valence-corrected chi connectivity index (χ4v) is 4.50. The summed E-state index contributed by atoms with van der Waals surface area (Å²) in [5.74, 6) is -0.275. The van der Waals surface area contributed by atoms with E-state index in [0.717, 1.165) is 29.4 Å². The number of carbonyl (C=O) groups is 1. The van der Waals surface area contributed by atoms with Crippen molar-refractivity contribution in [2.45, 2.75) is 31.8 Å². The largest absolute Gasteiger partial charge is 0.368 e. The number of hydrogen-bond donors (Lipinski definition) is 1. The molecule has 0 spiro atoms. The van der Waals surface area contributed by atoms with E-state index in [2.05, 4.69) is 39.9 Å². The van der Waals surface area contributed by atoms with Crippen LogP contribution in [0.4, 0.5) is 0 Å². The number of hydrogen-bond acceptors (Lipinski definition) is 3. The van der Waals surface area contributed by atoms with Crippen molar-refractivity contribution in [1.82, 2.24) is 4.90 Å². The predicted molar refractivity (Wildman–Crippen MR) is 93.8 cm³/mol. The van der Waals surface area contributed by atoms with Crippen molar-refractivity contribution in [3.63, 3.8) is 0 Å². The summed E-state index contributed by atoms with van der Waals surface area (Å²) in [6, 6.07) is 12.2. The third kappa shape index (κ3) is 3.12. The van der Waals surface area contributed by atoms with Gasteiger partial charge in [0.05, 0.1) is 0 Å². The van der Waals surface area contributed by atoms with E-state index in [1.165, 1.54) is 9.75 Å². The molecule has 1 aliphatic heterocycles. The van der Waals surface area contributed by atoms with Gasteiger partial charge in [0.15, 0.2) is 0 Å². The molecule has 116 valence electrons. The molecule has 2 atom stereocenters. The van der Waals surface area contributed by atoms with Crippen molar-refractivity contribution >= 4 is 33.2 Å². The van der Waals surface area contributed by atoms with Crippen LogP contribution in [-0.4, -0.2) is 17.4 Å². The first-order chi connectivity index (χ1) is 10.6. The molecule has 5 heteroatoms. The summed E-state index contributed by atoms with van der Waals surface area (Å²) in [4.78, 5) is 17.0. The number of aryl methyl sites for hydroxylation is 1. The molecule has 1 aliphatic rings. The van der Waals surface area contributed by atoms with Gasteiger partial charge < -0.3 is 5.73 Å². The van der Waals surface area contributed by atoms with Crippen LogP contribution in [0.5, 0.6) is 0 Å². The van der Waals surface area contributed by atoms with Crippen molar-refractivity contribution in [3.8, 4) is 0 Å². The molecule has 2 aromatic rings. The Balaban J connectivity index is 1.93. The molecule has 1 saturated heterocycles. The van der Waals surface area contributed by atoms with Crippen LogP contribution in [0.15, 0.2) is 40.9 Å². The monoisotopic (exact) mass is 378 g/mol. The van der Waals surface area contributed by atoms with E-state index < -0.39 is 0 Å². The Bertz CT molecular complexity index is 668. The van der Waals surface area contributed by atoms with Gasteiger partial charge in [0, 0.05) is 20.3 Å². The van der Waals surface area contributed by atoms with Gasteiger partial charge in [-0.1, -0.05) is 28.1 Å². The molecule has 1 aromatic carbocycles. The summed E-state index contributed by atoms with van der Waals surface area (Å²) >= 11 is 5.25. The van der Waals surface area contributed by atoms with E-state index >= 15 is 0 Å². The van der Waals surface area contributed by atoms with Gasteiger partial charge in [-0.3, -0.25) is 9.69 Å². The minimum Gasteiger partial charge on any atom is -0.368 e. The maximum Gasteiger partial charge on any atom is 0.239 e. The average molecular weight is 379 g/mol. The number of primary amides is 1. The standard InChI is InChI=1S/C17H19BrN2OS/c1-11-4-9-15(22-11)14-3-2-10-20(14)16(17(19)21)12-5-7-13(18)8-6-12/h4-9,14,16H,2-3,10H2,1H3,(H2,19,21). The summed E-state index contributed by atoms with van der Waals surface area (Å²) in [6.45, 7) is 3.03. The van der Waals surface area contributed by atoms with Crippen molar-refractivity contribution in [1.29, 1.82) is 0 Å². The van der Waals surface area contributed by atoms with E-state index in [1.54, 1.807) is 0 Å². The van der Waals surface area contributed by atoms with Gasteiger partial charge in [0.25, 0.3) is 0 Å². The van der Waals surface area contributed by atoms with Crippen LogP contribution >= 0.6 is 27.3 Å². The second-order valence-electron chi connectivity index (χ2n) is 5.70. The zero-order valence-corrected chi connectivity index (χ0v) is 14.9. The van der Waals surface area contributed by atoms with Crippen LogP contribution in [0.2, 0.25) is 0 Å². The molecule has 0 radical (unpaired) electrons. The first-order valence-electron chi connectivity index (χ1n) is 7.43. The highest BCUT2D eigenvalue weighted by Gasteiger charge is 2.36. The molecule has 1 amide bonds. The Labute approximate surface area is 143 Å². The highest BCUT2D eigenvalue weighted by atomic mass is 79.9. The van der Waals surface area contributed by atoms with E-state index in [0.29, 0.717) is 6.04 Å². The number of carbonyl (C=O) groups excluding carboxylic acids is 1. The van der Waals surface area contributed by atoms with Crippen molar-refractivity contribution in [3.05, 3.63) is 56.2 Å². The number of rotatable bonds is 4. The Morgan fingerprint density at radius 2 is 2.05 bits per heavy atom. The topological polar surface area (TPSA) is 46.3 Å². The maximum atomic E-state index is 12.1. The quantitative estimate of drug-likeness (QED) is 0.866. The molecule has 2 heterocycles. The lowest BCUT2D eigenvalue weighted by atomic mass is 10.0. The lowest BCUT2D eigenvalue weighted by Gasteiger charge is -2.31. The van der Waals surface area contributed by atoms with Gasteiger partial charge in [0.1, 0.15) is 6.04 Å². The maximum absolute atomic E-state index is 12.1. The van der Waals surface area contributed by atoms with Crippen LogP contribution in [0.25, 0.3) is 0 Å².